The molecule has 8 nitrogen and oxygen atoms in total. The van der Waals surface area contributed by atoms with Crippen molar-refractivity contribution in [2.24, 2.45) is 0 Å². The van der Waals surface area contributed by atoms with Gasteiger partial charge in [-0.2, -0.15) is 4.68 Å². The van der Waals surface area contributed by atoms with Gasteiger partial charge < -0.3 is 10.1 Å². The van der Waals surface area contributed by atoms with E-state index in [1.807, 2.05) is 30.3 Å². The number of carbonyl (C=O) groups excluding carboxylic acids is 2. The van der Waals surface area contributed by atoms with Crippen LogP contribution in [0.15, 0.2) is 72.4 Å². The van der Waals surface area contributed by atoms with Gasteiger partial charge in [0.25, 0.3) is 5.91 Å². The predicted octanol–water partition coefficient (Wildman–Crippen LogP) is 3.33. The van der Waals surface area contributed by atoms with Crippen molar-refractivity contribution in [1.82, 2.24) is 20.2 Å². The van der Waals surface area contributed by atoms with Gasteiger partial charge in [-0.05, 0) is 45.6 Å². The number of hydrogen-bond acceptors (Lipinski definition) is 7. The van der Waals surface area contributed by atoms with Crippen LogP contribution in [0.2, 0.25) is 0 Å². The van der Waals surface area contributed by atoms with Gasteiger partial charge >= 0.3 is 5.97 Å². The second-order valence-electron chi connectivity index (χ2n) is 5.99. The number of tetrazole rings is 1. The molecule has 29 heavy (non-hydrogen) atoms. The van der Waals surface area contributed by atoms with Gasteiger partial charge in [0.05, 0.1) is 11.3 Å². The first-order chi connectivity index (χ1) is 14.2. The molecule has 0 aliphatic carbocycles. The lowest BCUT2D eigenvalue weighted by Crippen LogP contribution is -2.14. The van der Waals surface area contributed by atoms with Crippen molar-refractivity contribution in [3.05, 3.63) is 88.4 Å². The van der Waals surface area contributed by atoms with E-state index in [0.29, 0.717) is 21.8 Å². The molecule has 2 heterocycles. The molecule has 0 saturated carbocycles. The van der Waals surface area contributed by atoms with E-state index in [-0.39, 0.29) is 12.5 Å². The third-order valence-corrected chi connectivity index (χ3v) is 4.92. The minimum Gasteiger partial charge on any atom is -0.457 e. The van der Waals surface area contributed by atoms with Crippen LogP contribution in [0.25, 0.3) is 5.69 Å². The molecule has 0 spiro atoms. The van der Waals surface area contributed by atoms with Gasteiger partial charge in [-0.15, -0.1) is 16.4 Å². The SMILES string of the molecule is O=C(OCc1ccccc1)c1cccc(NC(=O)c2sccc2-n2cnnn2)c1. The van der Waals surface area contributed by atoms with Crippen LogP contribution in [0.3, 0.4) is 0 Å². The lowest BCUT2D eigenvalue weighted by molar-refractivity contribution is 0.0472. The molecule has 144 valence electrons. The highest BCUT2D eigenvalue weighted by Gasteiger charge is 2.16. The monoisotopic (exact) mass is 405 g/mol. The number of thiophene rings is 1. The molecular formula is C20H15N5O3S. The normalized spacial score (nSPS) is 10.5. The molecule has 1 N–H and O–H groups in total. The first-order valence-corrected chi connectivity index (χ1v) is 9.52. The minimum atomic E-state index is -0.463. The van der Waals surface area contributed by atoms with Crippen LogP contribution in [0.4, 0.5) is 5.69 Å². The first kappa shape index (κ1) is 18.5. The summed E-state index contributed by atoms with van der Waals surface area (Å²) < 4.78 is 6.76. The van der Waals surface area contributed by atoms with Crippen LogP contribution in [0, 0.1) is 0 Å². The van der Waals surface area contributed by atoms with Crippen LogP contribution >= 0.6 is 11.3 Å². The van der Waals surface area contributed by atoms with Gasteiger partial charge in [0.1, 0.15) is 17.8 Å². The highest BCUT2D eigenvalue weighted by atomic mass is 32.1. The van der Waals surface area contributed by atoms with Gasteiger partial charge in [-0.3, -0.25) is 4.79 Å². The average Bonchev–Trinajstić information content (AvgIpc) is 3.44. The maximum absolute atomic E-state index is 12.7. The van der Waals surface area contributed by atoms with Crippen LogP contribution < -0.4 is 5.32 Å². The van der Waals surface area contributed by atoms with E-state index < -0.39 is 5.97 Å². The fraction of sp³-hybridized carbons (Fsp3) is 0.0500. The van der Waals surface area contributed by atoms with E-state index >= 15 is 0 Å². The van der Waals surface area contributed by atoms with Crippen molar-refractivity contribution in [3.63, 3.8) is 0 Å². The maximum atomic E-state index is 12.7. The topological polar surface area (TPSA) is 99.0 Å². The number of amides is 1. The first-order valence-electron chi connectivity index (χ1n) is 8.64. The summed E-state index contributed by atoms with van der Waals surface area (Å²) in [4.78, 5) is 25.5. The molecule has 0 fully saturated rings. The molecule has 0 aliphatic rings. The lowest BCUT2D eigenvalue weighted by Gasteiger charge is -2.08. The Kier molecular flexibility index (Phi) is 5.39. The fourth-order valence-corrected chi connectivity index (χ4v) is 3.42. The van der Waals surface area contributed by atoms with E-state index in [4.69, 9.17) is 4.74 Å². The number of rotatable bonds is 6. The summed E-state index contributed by atoms with van der Waals surface area (Å²) in [6.07, 6.45) is 1.42. The summed E-state index contributed by atoms with van der Waals surface area (Å²) in [5.41, 5.74) is 2.32. The Morgan fingerprint density at radius 1 is 1.07 bits per heavy atom. The lowest BCUT2D eigenvalue weighted by atomic mass is 10.2. The molecule has 4 aromatic rings. The number of nitrogens with zero attached hydrogens (tertiary/aromatic N) is 4. The van der Waals surface area contributed by atoms with Crippen LogP contribution in [0.5, 0.6) is 0 Å². The van der Waals surface area contributed by atoms with E-state index in [2.05, 4.69) is 20.8 Å². The molecule has 0 saturated heterocycles. The molecule has 1 amide bonds. The Bertz CT molecular complexity index is 1130. The molecule has 0 atom stereocenters. The van der Waals surface area contributed by atoms with Crippen molar-refractivity contribution in [3.8, 4) is 5.69 Å². The number of carbonyl (C=O) groups is 2. The number of esters is 1. The van der Waals surface area contributed by atoms with Crippen molar-refractivity contribution in [2.45, 2.75) is 6.61 Å². The second kappa shape index (κ2) is 8.44. The van der Waals surface area contributed by atoms with Crippen LogP contribution in [0.1, 0.15) is 25.6 Å². The van der Waals surface area contributed by atoms with Crippen LogP contribution in [-0.4, -0.2) is 32.1 Å². The van der Waals surface area contributed by atoms with Crippen molar-refractivity contribution in [1.29, 1.82) is 0 Å². The second-order valence-corrected chi connectivity index (χ2v) is 6.90. The van der Waals surface area contributed by atoms with Crippen molar-refractivity contribution < 1.29 is 14.3 Å². The zero-order chi connectivity index (χ0) is 20.1. The Balaban J connectivity index is 1.45. The fourth-order valence-electron chi connectivity index (χ4n) is 2.64. The van der Waals surface area contributed by atoms with Gasteiger partial charge in [0.15, 0.2) is 0 Å². The highest BCUT2D eigenvalue weighted by Crippen LogP contribution is 2.22. The Morgan fingerprint density at radius 3 is 2.72 bits per heavy atom. The Morgan fingerprint density at radius 2 is 1.93 bits per heavy atom. The van der Waals surface area contributed by atoms with Gasteiger partial charge in [-0.1, -0.05) is 36.4 Å². The third-order valence-electron chi connectivity index (χ3n) is 4.02. The summed E-state index contributed by atoms with van der Waals surface area (Å²) in [6.45, 7) is 0.181. The van der Waals surface area contributed by atoms with E-state index in [9.17, 15) is 9.59 Å². The number of nitrogens with one attached hydrogen (secondary N) is 1. The van der Waals surface area contributed by atoms with E-state index in [1.165, 1.54) is 22.3 Å². The molecule has 2 aromatic heterocycles. The predicted molar refractivity (Wildman–Crippen MR) is 107 cm³/mol. The standard InChI is InChI=1S/C20H15N5O3S/c26-19(18-17(9-10-29-18)25-13-21-23-24-25)22-16-8-4-7-15(11-16)20(27)28-12-14-5-2-1-3-6-14/h1-11,13H,12H2,(H,22,26). The average molecular weight is 405 g/mol. The van der Waals surface area contributed by atoms with Gasteiger partial charge in [0, 0.05) is 5.69 Å². The van der Waals surface area contributed by atoms with E-state index in [1.54, 1.807) is 35.7 Å². The Hall–Kier alpha value is -3.85. The van der Waals surface area contributed by atoms with Gasteiger partial charge in [-0.25, -0.2) is 4.79 Å². The van der Waals surface area contributed by atoms with Crippen molar-refractivity contribution >= 4 is 28.9 Å². The Labute approximate surface area is 169 Å². The number of benzene rings is 2. The zero-order valence-electron chi connectivity index (χ0n) is 15.1. The number of aromatic nitrogens is 4. The summed E-state index contributed by atoms with van der Waals surface area (Å²) in [5, 5.41) is 15.6. The number of anilines is 1. The summed E-state index contributed by atoms with van der Waals surface area (Å²) in [6, 6.07) is 17.8. The number of hydrogen-bond donors (Lipinski definition) is 1. The largest absolute Gasteiger partial charge is 0.457 e. The molecule has 2 aromatic carbocycles. The molecule has 0 radical (unpaired) electrons. The molecule has 0 aliphatic heterocycles. The smallest absolute Gasteiger partial charge is 0.338 e. The van der Waals surface area contributed by atoms with Crippen LogP contribution in [-0.2, 0) is 11.3 Å². The molecule has 0 unspecified atom stereocenters. The number of ether oxygens (including phenoxy) is 1. The third kappa shape index (κ3) is 4.36. The van der Waals surface area contributed by atoms with Gasteiger partial charge in [0.2, 0.25) is 0 Å². The quantitative estimate of drug-likeness (QED) is 0.494. The maximum Gasteiger partial charge on any atom is 0.338 e. The molecule has 4 rings (SSSR count). The molecular weight excluding hydrogens is 390 g/mol. The summed E-state index contributed by atoms with van der Waals surface area (Å²) in [7, 11) is 0. The van der Waals surface area contributed by atoms with E-state index in [0.717, 1.165) is 5.56 Å². The highest BCUT2D eigenvalue weighted by molar-refractivity contribution is 7.12. The summed E-state index contributed by atoms with van der Waals surface area (Å²) in [5.74, 6) is -0.782. The zero-order valence-corrected chi connectivity index (χ0v) is 15.9. The minimum absolute atomic E-state index is 0.181. The molecule has 0 bridgehead atoms. The molecule has 9 heteroatoms. The summed E-state index contributed by atoms with van der Waals surface area (Å²) >= 11 is 1.27. The van der Waals surface area contributed by atoms with Crippen molar-refractivity contribution in [2.75, 3.05) is 5.32 Å².